The number of Topliss-reactive ketones (excluding diaryl/α,β-unsaturated/α-hetero) is 1. The number of fused-ring (bicyclic) bond motifs is 1. The number of ketones is 1. The molecule has 0 radical (unpaired) electrons. The molecule has 0 aromatic rings. The zero-order chi connectivity index (χ0) is 11.9. The topological polar surface area (TPSA) is 20.3 Å². The van der Waals surface area contributed by atoms with Gasteiger partial charge >= 0.3 is 0 Å². The fourth-order valence-electron chi connectivity index (χ4n) is 3.59. The van der Waals surface area contributed by atoms with E-state index in [1.165, 1.54) is 19.3 Å². The van der Waals surface area contributed by atoms with Crippen LogP contribution in [-0.2, 0) is 4.79 Å². The second-order valence-electron chi connectivity index (χ2n) is 6.15. The number of carbonyl (C=O) groups is 1. The number of hydrogen-bond donors (Lipinski definition) is 0. The lowest BCUT2D eigenvalue weighted by molar-refractivity contribution is -0.128. The predicted molar refractivity (Wildman–Crippen MR) is 66.3 cm³/mol. The fraction of sp³-hybridized carbons (Fsp3) is 0.929. The van der Waals surface area contributed by atoms with Crippen LogP contribution in [0, 0.1) is 17.8 Å². The van der Waals surface area contributed by atoms with E-state index in [0.29, 0.717) is 17.7 Å². The van der Waals surface area contributed by atoms with Gasteiger partial charge in [-0.3, -0.25) is 9.69 Å². The third-order valence-corrected chi connectivity index (χ3v) is 4.45. The summed E-state index contributed by atoms with van der Waals surface area (Å²) in [6.45, 7) is 9.70. The molecule has 0 bridgehead atoms. The second kappa shape index (κ2) is 4.48. The van der Waals surface area contributed by atoms with Gasteiger partial charge in [-0.1, -0.05) is 20.3 Å². The van der Waals surface area contributed by atoms with E-state index in [1.54, 1.807) is 0 Å². The number of rotatable bonds is 3. The minimum atomic E-state index is 0.186. The summed E-state index contributed by atoms with van der Waals surface area (Å²) >= 11 is 0. The first-order valence-electron chi connectivity index (χ1n) is 6.81. The third-order valence-electron chi connectivity index (χ3n) is 4.45. The monoisotopic (exact) mass is 223 g/mol. The average molecular weight is 223 g/mol. The Morgan fingerprint density at radius 1 is 1.19 bits per heavy atom. The molecule has 0 amide bonds. The maximum Gasteiger partial charge on any atom is 0.152 e. The molecule has 0 aromatic heterocycles. The minimum absolute atomic E-state index is 0.186. The molecule has 1 heterocycles. The first-order chi connectivity index (χ1) is 7.52. The third kappa shape index (κ3) is 1.92. The standard InChI is InChI=1S/C14H25NO/c1-9(2)14(16)13-12-7-5-6-11(12)8-15(13)10(3)4/h9-13H,5-8H2,1-4H3. The Hall–Kier alpha value is -0.370. The van der Waals surface area contributed by atoms with Crippen LogP contribution in [0.4, 0.5) is 0 Å². The Bertz CT molecular complexity index is 272. The van der Waals surface area contributed by atoms with Crippen LogP contribution in [-0.4, -0.2) is 29.3 Å². The lowest BCUT2D eigenvalue weighted by Gasteiger charge is -2.31. The maximum atomic E-state index is 12.4. The highest BCUT2D eigenvalue weighted by Gasteiger charge is 2.48. The van der Waals surface area contributed by atoms with E-state index in [4.69, 9.17) is 0 Å². The summed E-state index contributed by atoms with van der Waals surface area (Å²) in [5.74, 6) is 2.13. The molecule has 3 unspecified atom stereocenters. The Morgan fingerprint density at radius 3 is 2.44 bits per heavy atom. The van der Waals surface area contributed by atoms with Crippen molar-refractivity contribution >= 4 is 5.78 Å². The van der Waals surface area contributed by atoms with Crippen molar-refractivity contribution in [2.45, 2.75) is 59.0 Å². The molecule has 1 saturated carbocycles. The Balaban J connectivity index is 2.19. The number of hydrogen-bond acceptors (Lipinski definition) is 2. The van der Waals surface area contributed by atoms with Gasteiger partial charge < -0.3 is 0 Å². The molecular formula is C14H25NO. The van der Waals surface area contributed by atoms with Gasteiger partial charge in [0.05, 0.1) is 6.04 Å². The fourth-order valence-corrected chi connectivity index (χ4v) is 3.59. The maximum absolute atomic E-state index is 12.4. The lowest BCUT2D eigenvalue weighted by atomic mass is 9.87. The van der Waals surface area contributed by atoms with Gasteiger partial charge in [-0.2, -0.15) is 0 Å². The van der Waals surface area contributed by atoms with Gasteiger partial charge in [-0.25, -0.2) is 0 Å². The van der Waals surface area contributed by atoms with Gasteiger partial charge in [0.2, 0.25) is 0 Å². The van der Waals surface area contributed by atoms with Crippen LogP contribution in [0.5, 0.6) is 0 Å². The zero-order valence-corrected chi connectivity index (χ0v) is 11.1. The van der Waals surface area contributed by atoms with Gasteiger partial charge in [0, 0.05) is 18.5 Å². The van der Waals surface area contributed by atoms with Crippen molar-refractivity contribution in [3.63, 3.8) is 0 Å². The van der Waals surface area contributed by atoms with Crippen molar-refractivity contribution in [3.8, 4) is 0 Å². The Labute approximate surface area is 99.4 Å². The van der Waals surface area contributed by atoms with Crippen LogP contribution < -0.4 is 0 Å². The molecule has 2 nitrogen and oxygen atoms in total. The second-order valence-corrected chi connectivity index (χ2v) is 6.15. The molecule has 2 rings (SSSR count). The minimum Gasteiger partial charge on any atom is -0.298 e. The van der Waals surface area contributed by atoms with Crippen LogP contribution >= 0.6 is 0 Å². The number of nitrogens with zero attached hydrogens (tertiary/aromatic N) is 1. The van der Waals surface area contributed by atoms with E-state index in [0.717, 1.165) is 12.5 Å². The highest BCUT2D eigenvalue weighted by Crippen LogP contribution is 2.43. The van der Waals surface area contributed by atoms with E-state index in [-0.39, 0.29) is 12.0 Å². The van der Waals surface area contributed by atoms with Crippen molar-refractivity contribution in [2.24, 2.45) is 17.8 Å². The van der Waals surface area contributed by atoms with E-state index in [1.807, 2.05) is 13.8 Å². The van der Waals surface area contributed by atoms with Crippen molar-refractivity contribution in [1.82, 2.24) is 4.90 Å². The molecule has 0 spiro atoms. The van der Waals surface area contributed by atoms with Gasteiger partial charge in [0.15, 0.2) is 5.78 Å². The summed E-state index contributed by atoms with van der Waals surface area (Å²) in [6, 6.07) is 0.741. The highest BCUT2D eigenvalue weighted by molar-refractivity contribution is 5.86. The SMILES string of the molecule is CC(C)C(=O)C1C2CCCC2CN1C(C)C. The summed E-state index contributed by atoms with van der Waals surface area (Å²) < 4.78 is 0. The van der Waals surface area contributed by atoms with Crippen LogP contribution in [0.3, 0.4) is 0 Å². The molecule has 1 aliphatic carbocycles. The van der Waals surface area contributed by atoms with Crippen LogP contribution in [0.15, 0.2) is 0 Å². The smallest absolute Gasteiger partial charge is 0.152 e. The normalized spacial score (nSPS) is 35.0. The van der Waals surface area contributed by atoms with Gasteiger partial charge in [-0.05, 0) is 38.5 Å². The average Bonchev–Trinajstić information content (AvgIpc) is 2.74. The van der Waals surface area contributed by atoms with Crippen LogP contribution in [0.25, 0.3) is 0 Å². The molecule has 2 aliphatic rings. The van der Waals surface area contributed by atoms with Gasteiger partial charge in [0.1, 0.15) is 0 Å². The molecule has 92 valence electrons. The number of carbonyl (C=O) groups excluding carboxylic acids is 1. The van der Waals surface area contributed by atoms with E-state index in [9.17, 15) is 4.79 Å². The molecule has 2 fully saturated rings. The molecule has 2 heteroatoms. The van der Waals surface area contributed by atoms with E-state index in [2.05, 4.69) is 18.7 Å². The molecular weight excluding hydrogens is 198 g/mol. The highest BCUT2D eigenvalue weighted by atomic mass is 16.1. The zero-order valence-electron chi connectivity index (χ0n) is 11.1. The molecule has 0 aromatic carbocycles. The summed E-state index contributed by atoms with van der Waals surface area (Å²) in [6.07, 6.45) is 3.95. The quantitative estimate of drug-likeness (QED) is 0.733. The van der Waals surface area contributed by atoms with Gasteiger partial charge in [-0.15, -0.1) is 0 Å². The summed E-state index contributed by atoms with van der Waals surface area (Å²) in [7, 11) is 0. The van der Waals surface area contributed by atoms with Crippen LogP contribution in [0.1, 0.15) is 47.0 Å². The summed E-state index contributed by atoms with van der Waals surface area (Å²) in [4.78, 5) is 14.8. The Kier molecular flexibility index (Phi) is 3.39. The molecule has 16 heavy (non-hydrogen) atoms. The largest absolute Gasteiger partial charge is 0.298 e. The molecule has 1 aliphatic heterocycles. The Morgan fingerprint density at radius 2 is 1.88 bits per heavy atom. The molecule has 3 atom stereocenters. The predicted octanol–water partition coefficient (Wildman–Crippen LogP) is 2.72. The first-order valence-corrected chi connectivity index (χ1v) is 6.81. The van der Waals surface area contributed by atoms with Gasteiger partial charge in [0.25, 0.3) is 0 Å². The summed E-state index contributed by atoms with van der Waals surface area (Å²) in [5, 5.41) is 0. The lowest BCUT2D eigenvalue weighted by Crippen LogP contribution is -2.45. The van der Waals surface area contributed by atoms with Crippen molar-refractivity contribution in [3.05, 3.63) is 0 Å². The molecule has 1 saturated heterocycles. The van der Waals surface area contributed by atoms with Crippen molar-refractivity contribution in [2.75, 3.05) is 6.54 Å². The first kappa shape index (κ1) is 12.1. The number of likely N-dealkylation sites (tertiary alicyclic amines) is 1. The summed E-state index contributed by atoms with van der Waals surface area (Å²) in [5.41, 5.74) is 0. The molecule has 0 N–H and O–H groups in total. The van der Waals surface area contributed by atoms with E-state index >= 15 is 0 Å². The van der Waals surface area contributed by atoms with E-state index < -0.39 is 0 Å². The van der Waals surface area contributed by atoms with Crippen molar-refractivity contribution < 1.29 is 4.79 Å². The van der Waals surface area contributed by atoms with Crippen LogP contribution in [0.2, 0.25) is 0 Å². The van der Waals surface area contributed by atoms with Crippen molar-refractivity contribution in [1.29, 1.82) is 0 Å².